The molecule has 4 rings (SSSR count). The lowest BCUT2D eigenvalue weighted by Gasteiger charge is -2.37. The van der Waals surface area contributed by atoms with Gasteiger partial charge in [-0.1, -0.05) is 32.9 Å². The molecule has 2 aliphatic heterocycles. The number of carbonyl (C=O) groups is 2. The Bertz CT molecular complexity index is 1260. The zero-order valence-electron chi connectivity index (χ0n) is 23.5. The number of nitro benzene ring substituents is 1. The summed E-state index contributed by atoms with van der Waals surface area (Å²) < 4.78 is 39.8. The number of benzene rings is 2. The van der Waals surface area contributed by atoms with Gasteiger partial charge in [0.25, 0.3) is 5.69 Å². The Hall–Kier alpha value is -3.83. The fourth-order valence-corrected chi connectivity index (χ4v) is 5.26. The van der Waals surface area contributed by atoms with E-state index in [1.54, 1.807) is 9.80 Å². The number of piperidine rings is 1. The molecule has 9 nitrogen and oxygen atoms in total. The number of hydrogen-bond acceptors (Lipinski definition) is 6. The maximum absolute atomic E-state index is 13.3. The minimum absolute atomic E-state index is 0.0792. The smallest absolute Gasteiger partial charge is 0.382 e. The van der Waals surface area contributed by atoms with E-state index in [-0.39, 0.29) is 35.4 Å². The third-order valence-corrected chi connectivity index (χ3v) is 7.75. The molecule has 0 spiro atoms. The normalized spacial score (nSPS) is 17.0. The fraction of sp³-hybridized carbons (Fsp3) is 0.517. The van der Waals surface area contributed by atoms with Crippen LogP contribution in [0.2, 0.25) is 0 Å². The molecule has 0 atom stereocenters. The van der Waals surface area contributed by atoms with Crippen LogP contribution in [0.1, 0.15) is 51.2 Å². The van der Waals surface area contributed by atoms with Crippen molar-refractivity contribution in [2.75, 3.05) is 49.5 Å². The molecule has 0 unspecified atom stereocenters. The molecule has 2 heterocycles. The van der Waals surface area contributed by atoms with E-state index in [1.807, 2.05) is 0 Å². The van der Waals surface area contributed by atoms with E-state index in [4.69, 9.17) is 0 Å². The average molecular weight is 576 g/mol. The maximum atomic E-state index is 13.3. The van der Waals surface area contributed by atoms with Crippen LogP contribution in [-0.4, -0.2) is 71.8 Å². The summed E-state index contributed by atoms with van der Waals surface area (Å²) in [6.45, 7) is 9.68. The number of nitrogens with one attached hydrogen (secondary N) is 1. The Balaban J connectivity index is 1.23. The molecule has 12 heteroatoms. The summed E-state index contributed by atoms with van der Waals surface area (Å²) in [5, 5.41) is 14.0. The van der Waals surface area contributed by atoms with E-state index in [9.17, 15) is 32.9 Å². The van der Waals surface area contributed by atoms with Gasteiger partial charge < -0.3 is 20.0 Å². The number of halogens is 3. The SMILES string of the molecule is CC(C)(C)c1ccc(N2CCN(C(=O)CC(=O)N3CCC(Nc4ccc([N+](=O)[O-])c(C(F)(F)F)c4)CC3)CC2)cc1. The third-order valence-electron chi connectivity index (χ3n) is 7.75. The number of amides is 2. The molecule has 0 aliphatic carbocycles. The highest BCUT2D eigenvalue weighted by Gasteiger charge is 2.38. The lowest BCUT2D eigenvalue weighted by molar-refractivity contribution is -0.388. The van der Waals surface area contributed by atoms with Crippen LogP contribution >= 0.6 is 0 Å². The average Bonchev–Trinajstić information content (AvgIpc) is 2.92. The van der Waals surface area contributed by atoms with Gasteiger partial charge in [-0.25, -0.2) is 0 Å². The van der Waals surface area contributed by atoms with Crippen molar-refractivity contribution in [2.24, 2.45) is 0 Å². The molecular weight excluding hydrogens is 539 g/mol. The Morgan fingerprint density at radius 2 is 1.46 bits per heavy atom. The van der Waals surface area contributed by atoms with Gasteiger partial charge in [0, 0.05) is 62.8 Å². The van der Waals surface area contributed by atoms with Crippen LogP contribution in [0, 0.1) is 10.1 Å². The zero-order chi connectivity index (χ0) is 29.9. The lowest BCUT2D eigenvalue weighted by atomic mass is 9.87. The van der Waals surface area contributed by atoms with Crippen LogP contribution in [0.15, 0.2) is 42.5 Å². The first-order valence-electron chi connectivity index (χ1n) is 13.8. The molecule has 222 valence electrons. The minimum Gasteiger partial charge on any atom is -0.382 e. The van der Waals surface area contributed by atoms with Gasteiger partial charge >= 0.3 is 6.18 Å². The summed E-state index contributed by atoms with van der Waals surface area (Å²) in [6.07, 6.45) is -4.11. The minimum atomic E-state index is -4.85. The number of rotatable bonds is 6. The van der Waals surface area contributed by atoms with Gasteiger partial charge in [-0.2, -0.15) is 13.2 Å². The lowest BCUT2D eigenvalue weighted by Crippen LogP contribution is -2.50. The van der Waals surface area contributed by atoms with E-state index in [0.717, 1.165) is 17.8 Å². The van der Waals surface area contributed by atoms with Gasteiger partial charge in [0.2, 0.25) is 11.8 Å². The topological polar surface area (TPSA) is 99.0 Å². The van der Waals surface area contributed by atoms with Crippen molar-refractivity contribution in [2.45, 2.75) is 57.7 Å². The van der Waals surface area contributed by atoms with E-state index in [2.05, 4.69) is 55.3 Å². The highest BCUT2D eigenvalue weighted by atomic mass is 19.4. The monoisotopic (exact) mass is 575 g/mol. The summed E-state index contributed by atoms with van der Waals surface area (Å²) in [4.78, 5) is 41.2. The molecule has 0 saturated carbocycles. The number of alkyl halides is 3. The zero-order valence-corrected chi connectivity index (χ0v) is 23.5. The maximum Gasteiger partial charge on any atom is 0.423 e. The van der Waals surface area contributed by atoms with Crippen LogP contribution in [0.5, 0.6) is 0 Å². The standard InChI is InChI=1S/C29H36F3N5O4/c1-28(2,3)20-4-7-23(8-5-20)34-14-16-36(17-15-34)27(39)19-26(38)35-12-10-21(11-13-35)33-22-6-9-25(37(40)41)24(18-22)29(30,31)32/h4-9,18,21,33H,10-17,19H2,1-3H3. The van der Waals surface area contributed by atoms with Crippen molar-refractivity contribution >= 4 is 28.9 Å². The van der Waals surface area contributed by atoms with Crippen molar-refractivity contribution in [1.29, 1.82) is 0 Å². The van der Waals surface area contributed by atoms with Crippen LogP contribution in [0.25, 0.3) is 0 Å². The first kappa shape index (κ1) is 30.1. The van der Waals surface area contributed by atoms with Crippen molar-refractivity contribution in [3.05, 3.63) is 63.7 Å². The summed E-state index contributed by atoms with van der Waals surface area (Å²) in [5.41, 5.74) is 0.279. The molecule has 2 fully saturated rings. The Labute approximate surface area is 237 Å². The van der Waals surface area contributed by atoms with Crippen LogP contribution in [0.3, 0.4) is 0 Å². The molecule has 0 aromatic heterocycles. The Morgan fingerprint density at radius 3 is 1.98 bits per heavy atom. The molecular formula is C29H36F3N5O4. The van der Waals surface area contributed by atoms with Gasteiger partial charge in [0.05, 0.1) is 4.92 Å². The van der Waals surface area contributed by atoms with E-state index >= 15 is 0 Å². The van der Waals surface area contributed by atoms with Crippen LogP contribution in [0.4, 0.5) is 30.2 Å². The highest BCUT2D eigenvalue weighted by molar-refractivity contribution is 5.97. The van der Waals surface area contributed by atoms with Gasteiger partial charge in [0.1, 0.15) is 12.0 Å². The van der Waals surface area contributed by atoms with Crippen molar-refractivity contribution in [1.82, 2.24) is 9.80 Å². The molecule has 1 N–H and O–H groups in total. The summed E-state index contributed by atoms with van der Waals surface area (Å²) in [5.74, 6) is -0.466. The van der Waals surface area contributed by atoms with Crippen LogP contribution in [-0.2, 0) is 21.2 Å². The van der Waals surface area contributed by atoms with E-state index in [1.165, 1.54) is 11.6 Å². The number of piperazine rings is 1. The van der Waals surface area contributed by atoms with Gasteiger partial charge in [-0.3, -0.25) is 19.7 Å². The Morgan fingerprint density at radius 1 is 0.902 bits per heavy atom. The second-order valence-electron chi connectivity index (χ2n) is 11.6. The van der Waals surface area contributed by atoms with Gasteiger partial charge in [-0.05, 0) is 48.1 Å². The summed E-state index contributed by atoms with van der Waals surface area (Å²) in [7, 11) is 0. The summed E-state index contributed by atoms with van der Waals surface area (Å²) >= 11 is 0. The predicted molar refractivity (Wildman–Crippen MR) is 150 cm³/mol. The van der Waals surface area contributed by atoms with Crippen molar-refractivity contribution in [3.8, 4) is 0 Å². The number of anilines is 2. The molecule has 2 amide bonds. The van der Waals surface area contributed by atoms with Crippen molar-refractivity contribution in [3.63, 3.8) is 0 Å². The molecule has 2 saturated heterocycles. The Kier molecular flexibility index (Phi) is 8.79. The first-order chi connectivity index (χ1) is 19.2. The number of carbonyl (C=O) groups excluding carboxylic acids is 2. The summed E-state index contributed by atoms with van der Waals surface area (Å²) in [6, 6.07) is 11.1. The van der Waals surface area contributed by atoms with E-state index < -0.39 is 22.4 Å². The van der Waals surface area contributed by atoms with Crippen LogP contribution < -0.4 is 10.2 Å². The number of nitrogens with zero attached hydrogens (tertiary/aromatic N) is 4. The second kappa shape index (κ2) is 12.0. The number of hydrogen-bond donors (Lipinski definition) is 1. The first-order valence-corrected chi connectivity index (χ1v) is 13.8. The quantitative estimate of drug-likeness (QED) is 0.294. The molecule has 0 radical (unpaired) electrons. The fourth-order valence-electron chi connectivity index (χ4n) is 5.26. The number of likely N-dealkylation sites (tertiary alicyclic amines) is 1. The molecule has 2 aliphatic rings. The van der Waals surface area contributed by atoms with Gasteiger partial charge in [-0.15, -0.1) is 0 Å². The predicted octanol–water partition coefficient (Wildman–Crippen LogP) is 5.05. The molecule has 41 heavy (non-hydrogen) atoms. The molecule has 0 bridgehead atoms. The number of nitro groups is 1. The molecule has 2 aromatic carbocycles. The third kappa shape index (κ3) is 7.47. The van der Waals surface area contributed by atoms with Gasteiger partial charge in [0.15, 0.2) is 0 Å². The highest BCUT2D eigenvalue weighted by Crippen LogP contribution is 2.38. The van der Waals surface area contributed by atoms with E-state index in [0.29, 0.717) is 52.1 Å². The second-order valence-corrected chi connectivity index (χ2v) is 11.6. The largest absolute Gasteiger partial charge is 0.423 e. The van der Waals surface area contributed by atoms with Crippen molar-refractivity contribution < 1.29 is 27.7 Å². The molecule has 2 aromatic rings.